The Morgan fingerprint density at radius 3 is 3.00 bits per heavy atom. The molecule has 0 atom stereocenters. The maximum Gasteiger partial charge on any atom is 0.297 e. The van der Waals surface area contributed by atoms with Gasteiger partial charge in [0.05, 0.1) is 6.33 Å². The molecular weight excluding hydrogens is 290 g/mol. The van der Waals surface area contributed by atoms with Gasteiger partial charge in [-0.1, -0.05) is 12.1 Å². The lowest BCUT2D eigenvalue weighted by Crippen LogP contribution is -2.33. The van der Waals surface area contributed by atoms with Gasteiger partial charge in [0.2, 0.25) is 11.5 Å². The molecule has 0 radical (unpaired) electrons. The lowest BCUT2D eigenvalue weighted by Gasteiger charge is -2.05. The number of nitrogens with one attached hydrogen (secondary N) is 1. The second-order valence-corrected chi connectivity index (χ2v) is 4.97. The molecule has 1 N–H and O–H groups in total. The van der Waals surface area contributed by atoms with Gasteiger partial charge >= 0.3 is 0 Å². The zero-order valence-electron chi connectivity index (χ0n) is 11.1. The minimum Gasteiger partial charge on any atom is -0.448 e. The Bertz CT molecular complexity index is 869. The van der Waals surface area contributed by atoms with Gasteiger partial charge in [-0.15, -0.1) is 0 Å². The number of thiol groups is 1. The molecule has 2 aromatic heterocycles. The summed E-state index contributed by atoms with van der Waals surface area (Å²) in [5.41, 5.74) is 0.926. The maximum atomic E-state index is 12.3. The Balaban J connectivity index is 2.02. The summed E-state index contributed by atoms with van der Waals surface area (Å²) in [6.45, 7) is 0.365. The second-order valence-electron chi connectivity index (χ2n) is 4.53. The van der Waals surface area contributed by atoms with Crippen molar-refractivity contribution in [1.29, 1.82) is 0 Å². The second kappa shape index (κ2) is 5.61. The summed E-state index contributed by atoms with van der Waals surface area (Å²) < 4.78 is 6.78. The van der Waals surface area contributed by atoms with Crippen molar-refractivity contribution < 1.29 is 9.21 Å². The summed E-state index contributed by atoms with van der Waals surface area (Å²) >= 11 is 4.01. The lowest BCUT2D eigenvalue weighted by atomic mass is 10.2. The van der Waals surface area contributed by atoms with Gasteiger partial charge in [0.15, 0.2) is 0 Å². The molecule has 0 saturated heterocycles. The zero-order valence-corrected chi connectivity index (χ0v) is 12.0. The van der Waals surface area contributed by atoms with Gasteiger partial charge in [-0.05, 0) is 12.1 Å². The molecule has 0 spiro atoms. The molecule has 0 unspecified atom stereocenters. The van der Waals surface area contributed by atoms with Gasteiger partial charge in [-0.2, -0.15) is 12.6 Å². The van der Waals surface area contributed by atoms with Crippen LogP contribution in [-0.2, 0) is 11.3 Å². The molecule has 2 heterocycles. The van der Waals surface area contributed by atoms with Crippen molar-refractivity contribution in [1.82, 2.24) is 14.9 Å². The minimum atomic E-state index is -0.364. The molecule has 6 nitrogen and oxygen atoms in total. The van der Waals surface area contributed by atoms with Crippen molar-refractivity contribution in [2.75, 3.05) is 12.3 Å². The highest BCUT2D eigenvalue weighted by atomic mass is 32.1. The number of hydrogen-bond acceptors (Lipinski definition) is 5. The van der Waals surface area contributed by atoms with E-state index in [-0.39, 0.29) is 23.6 Å². The molecule has 0 bridgehead atoms. The smallest absolute Gasteiger partial charge is 0.297 e. The summed E-state index contributed by atoms with van der Waals surface area (Å²) in [6, 6.07) is 7.31. The number of aromatic nitrogens is 2. The van der Waals surface area contributed by atoms with Gasteiger partial charge in [0.1, 0.15) is 17.6 Å². The number of furan rings is 1. The first-order valence-corrected chi connectivity index (χ1v) is 7.08. The van der Waals surface area contributed by atoms with E-state index in [0.29, 0.717) is 23.4 Å². The van der Waals surface area contributed by atoms with Gasteiger partial charge in [-0.3, -0.25) is 14.2 Å². The average Bonchev–Trinajstić information content (AvgIpc) is 2.87. The summed E-state index contributed by atoms with van der Waals surface area (Å²) in [5.74, 6) is 0.282. The van der Waals surface area contributed by atoms with Crippen LogP contribution in [0.3, 0.4) is 0 Å². The molecule has 0 aliphatic heterocycles. The number of rotatable bonds is 4. The molecular formula is C14H13N3O3S. The van der Waals surface area contributed by atoms with Crippen molar-refractivity contribution in [3.63, 3.8) is 0 Å². The highest BCUT2D eigenvalue weighted by molar-refractivity contribution is 7.80. The number of carbonyl (C=O) groups is 1. The zero-order chi connectivity index (χ0) is 14.8. The van der Waals surface area contributed by atoms with E-state index >= 15 is 0 Å². The van der Waals surface area contributed by atoms with Crippen LogP contribution >= 0.6 is 12.6 Å². The molecule has 1 amide bonds. The molecule has 1 aromatic carbocycles. The SMILES string of the molecule is O=C(Cn1cnc2c(oc3ccccc32)c1=O)NCCS. The fourth-order valence-electron chi connectivity index (χ4n) is 2.13. The number of para-hydroxylation sites is 1. The van der Waals surface area contributed by atoms with Crippen LogP contribution in [0, 0.1) is 0 Å². The van der Waals surface area contributed by atoms with Crippen molar-refractivity contribution in [3.05, 3.63) is 40.9 Å². The molecule has 3 rings (SSSR count). The third-order valence-electron chi connectivity index (χ3n) is 3.10. The van der Waals surface area contributed by atoms with Crippen molar-refractivity contribution in [2.24, 2.45) is 0 Å². The van der Waals surface area contributed by atoms with E-state index in [1.54, 1.807) is 6.07 Å². The third-order valence-corrected chi connectivity index (χ3v) is 3.32. The topological polar surface area (TPSA) is 77.1 Å². The Hall–Kier alpha value is -2.28. The first-order valence-electron chi connectivity index (χ1n) is 6.45. The van der Waals surface area contributed by atoms with Gasteiger partial charge in [0.25, 0.3) is 5.56 Å². The molecule has 3 aromatic rings. The van der Waals surface area contributed by atoms with E-state index < -0.39 is 0 Å². The van der Waals surface area contributed by atoms with Crippen LogP contribution in [0.25, 0.3) is 22.1 Å². The Morgan fingerprint density at radius 2 is 2.19 bits per heavy atom. The van der Waals surface area contributed by atoms with Crippen molar-refractivity contribution >= 4 is 40.6 Å². The third kappa shape index (κ3) is 2.52. The first kappa shape index (κ1) is 13.7. The summed E-state index contributed by atoms with van der Waals surface area (Å²) in [4.78, 5) is 28.2. The number of fused-ring (bicyclic) bond motifs is 3. The van der Waals surface area contributed by atoms with Crippen LogP contribution in [0.15, 0.2) is 39.8 Å². The van der Waals surface area contributed by atoms with E-state index in [0.717, 1.165) is 5.39 Å². The fourth-order valence-corrected chi connectivity index (χ4v) is 2.25. The van der Waals surface area contributed by atoms with Crippen LogP contribution in [-0.4, -0.2) is 27.8 Å². The standard InChI is InChI=1S/C14H13N3O3S/c18-11(15-5-6-21)7-17-8-16-12-9-3-1-2-4-10(9)20-13(12)14(17)19/h1-4,8,21H,5-7H2,(H,15,18). The van der Waals surface area contributed by atoms with E-state index in [4.69, 9.17) is 4.42 Å². The van der Waals surface area contributed by atoms with Crippen molar-refractivity contribution in [2.45, 2.75) is 6.54 Å². The van der Waals surface area contributed by atoms with E-state index in [9.17, 15) is 9.59 Å². The number of hydrogen-bond donors (Lipinski definition) is 2. The van der Waals surface area contributed by atoms with Gasteiger partial charge in [0, 0.05) is 17.7 Å². The molecule has 108 valence electrons. The van der Waals surface area contributed by atoms with Crippen LogP contribution in [0.1, 0.15) is 0 Å². The maximum absolute atomic E-state index is 12.3. The quantitative estimate of drug-likeness (QED) is 0.710. The van der Waals surface area contributed by atoms with Gasteiger partial charge < -0.3 is 9.73 Å². The fraction of sp³-hybridized carbons (Fsp3) is 0.214. The lowest BCUT2D eigenvalue weighted by molar-refractivity contribution is -0.121. The molecule has 0 fully saturated rings. The van der Waals surface area contributed by atoms with Crippen LogP contribution in [0.4, 0.5) is 0 Å². The summed E-state index contributed by atoms with van der Waals surface area (Å²) in [7, 11) is 0. The number of carbonyl (C=O) groups excluding carboxylic acids is 1. The van der Waals surface area contributed by atoms with E-state index in [2.05, 4.69) is 22.9 Å². The number of benzene rings is 1. The minimum absolute atomic E-state index is 0.0907. The van der Waals surface area contributed by atoms with E-state index in [1.165, 1.54) is 10.9 Å². The number of nitrogens with zero attached hydrogens (tertiary/aromatic N) is 2. The first-order chi connectivity index (χ1) is 10.2. The molecule has 0 aliphatic rings. The summed E-state index contributed by atoms with van der Waals surface area (Å²) in [5, 5.41) is 3.44. The highest BCUT2D eigenvalue weighted by Gasteiger charge is 2.14. The molecule has 0 saturated carbocycles. The van der Waals surface area contributed by atoms with E-state index in [1.807, 2.05) is 18.2 Å². The predicted octanol–water partition coefficient (Wildman–Crippen LogP) is 1.19. The Kier molecular flexibility index (Phi) is 3.66. The normalized spacial score (nSPS) is 11.1. The predicted molar refractivity (Wildman–Crippen MR) is 82.6 cm³/mol. The molecule has 0 aliphatic carbocycles. The van der Waals surface area contributed by atoms with Crippen molar-refractivity contribution in [3.8, 4) is 0 Å². The Morgan fingerprint density at radius 1 is 1.38 bits per heavy atom. The van der Waals surface area contributed by atoms with Gasteiger partial charge in [-0.25, -0.2) is 4.98 Å². The van der Waals surface area contributed by atoms with Crippen LogP contribution < -0.4 is 10.9 Å². The average molecular weight is 303 g/mol. The summed E-state index contributed by atoms with van der Waals surface area (Å²) in [6.07, 6.45) is 1.37. The Labute approximate surface area is 125 Å². The largest absolute Gasteiger partial charge is 0.448 e. The number of amides is 1. The molecule has 21 heavy (non-hydrogen) atoms. The van der Waals surface area contributed by atoms with Crippen LogP contribution in [0.5, 0.6) is 0 Å². The van der Waals surface area contributed by atoms with Crippen LogP contribution in [0.2, 0.25) is 0 Å². The molecule has 7 heteroatoms. The monoisotopic (exact) mass is 303 g/mol. The highest BCUT2D eigenvalue weighted by Crippen LogP contribution is 2.23.